The first kappa shape index (κ1) is 24.5. The predicted octanol–water partition coefficient (Wildman–Crippen LogP) is 1.27. The summed E-state index contributed by atoms with van der Waals surface area (Å²) in [4.78, 5) is 40.0. The summed E-state index contributed by atoms with van der Waals surface area (Å²) >= 11 is 5.00. The topological polar surface area (TPSA) is 101 Å². The number of anilines is 2. The SMILES string of the molecule is CCOC(=S)NC[C@H]1CN(c2ccc(N3CCN(C(=O)COC(C)=O)CC3)c(F)c2)C(=O)O1. The van der Waals surface area contributed by atoms with Gasteiger partial charge in [0.1, 0.15) is 11.9 Å². The van der Waals surface area contributed by atoms with Crippen molar-refractivity contribution < 1.29 is 33.0 Å². The molecule has 2 aliphatic rings. The number of carbonyl (C=O) groups excluding carboxylic acids is 3. The molecule has 3 rings (SSSR count). The van der Waals surface area contributed by atoms with Crippen molar-refractivity contribution in [2.45, 2.75) is 20.0 Å². The minimum absolute atomic E-state index is 0.232. The van der Waals surface area contributed by atoms with Crippen LogP contribution in [0, 0.1) is 5.82 Å². The highest BCUT2D eigenvalue weighted by Gasteiger charge is 2.33. The van der Waals surface area contributed by atoms with Gasteiger partial charge in [-0.2, -0.15) is 0 Å². The molecule has 2 saturated heterocycles. The highest BCUT2D eigenvalue weighted by atomic mass is 32.1. The van der Waals surface area contributed by atoms with Crippen LogP contribution in [0.25, 0.3) is 0 Å². The fourth-order valence-electron chi connectivity index (χ4n) is 3.59. The number of hydrogen-bond acceptors (Lipinski definition) is 8. The molecule has 1 N–H and O–H groups in total. The molecule has 12 heteroatoms. The molecule has 2 heterocycles. The minimum Gasteiger partial charge on any atom is -0.471 e. The summed E-state index contributed by atoms with van der Waals surface area (Å²) in [6.45, 7) is 5.39. The van der Waals surface area contributed by atoms with Gasteiger partial charge in [-0.15, -0.1) is 0 Å². The van der Waals surface area contributed by atoms with Crippen molar-refractivity contribution in [2.24, 2.45) is 0 Å². The van der Waals surface area contributed by atoms with Crippen LogP contribution in [0.3, 0.4) is 0 Å². The number of hydrogen-bond donors (Lipinski definition) is 1. The summed E-state index contributed by atoms with van der Waals surface area (Å²) in [5.41, 5.74) is 0.782. The number of halogens is 1. The number of carbonyl (C=O) groups is 3. The zero-order valence-corrected chi connectivity index (χ0v) is 19.4. The van der Waals surface area contributed by atoms with Crippen LogP contribution in [-0.4, -0.2) is 86.6 Å². The maximum Gasteiger partial charge on any atom is 0.414 e. The fraction of sp³-hybridized carbons (Fsp3) is 0.524. The quantitative estimate of drug-likeness (QED) is 0.455. The average molecular weight is 483 g/mol. The van der Waals surface area contributed by atoms with E-state index in [0.717, 1.165) is 0 Å². The number of rotatable bonds is 7. The van der Waals surface area contributed by atoms with Gasteiger partial charge in [0, 0.05) is 33.1 Å². The van der Waals surface area contributed by atoms with Crippen molar-refractivity contribution in [1.29, 1.82) is 0 Å². The Kier molecular flexibility index (Phi) is 8.26. The Bertz CT molecular complexity index is 909. The van der Waals surface area contributed by atoms with Crippen LogP contribution in [0.4, 0.5) is 20.6 Å². The molecule has 0 unspecified atom stereocenters. The van der Waals surface area contributed by atoms with Crippen molar-refractivity contribution in [3.8, 4) is 0 Å². The van der Waals surface area contributed by atoms with Crippen LogP contribution in [-0.2, 0) is 23.8 Å². The van der Waals surface area contributed by atoms with Crippen LogP contribution in [0.5, 0.6) is 0 Å². The van der Waals surface area contributed by atoms with E-state index in [2.05, 4.69) is 5.32 Å². The van der Waals surface area contributed by atoms with Crippen LogP contribution in [0.2, 0.25) is 0 Å². The number of esters is 1. The maximum absolute atomic E-state index is 14.9. The average Bonchev–Trinajstić information content (AvgIpc) is 3.17. The smallest absolute Gasteiger partial charge is 0.414 e. The molecule has 0 radical (unpaired) electrons. The number of cyclic esters (lactones) is 1. The molecule has 0 saturated carbocycles. The number of piperazine rings is 1. The minimum atomic E-state index is -0.559. The molecule has 2 fully saturated rings. The van der Waals surface area contributed by atoms with E-state index >= 15 is 0 Å². The third kappa shape index (κ3) is 6.44. The predicted molar refractivity (Wildman–Crippen MR) is 122 cm³/mol. The summed E-state index contributed by atoms with van der Waals surface area (Å²) in [7, 11) is 0. The molecule has 180 valence electrons. The van der Waals surface area contributed by atoms with Gasteiger partial charge in [0.05, 0.1) is 31.1 Å². The number of amides is 2. The highest BCUT2D eigenvalue weighted by molar-refractivity contribution is 7.80. The van der Waals surface area contributed by atoms with Gasteiger partial charge < -0.3 is 29.3 Å². The van der Waals surface area contributed by atoms with E-state index < -0.39 is 24.0 Å². The molecule has 0 bridgehead atoms. The van der Waals surface area contributed by atoms with E-state index in [1.165, 1.54) is 17.9 Å². The van der Waals surface area contributed by atoms with Crippen molar-refractivity contribution >= 4 is 46.7 Å². The lowest BCUT2D eigenvalue weighted by Crippen LogP contribution is -2.50. The summed E-state index contributed by atoms with van der Waals surface area (Å²) in [5.74, 6) is -1.26. The van der Waals surface area contributed by atoms with E-state index in [4.69, 9.17) is 26.4 Å². The first-order valence-electron chi connectivity index (χ1n) is 10.6. The van der Waals surface area contributed by atoms with Crippen LogP contribution < -0.4 is 15.1 Å². The Balaban J connectivity index is 1.55. The number of ether oxygens (including phenoxy) is 3. The second kappa shape index (κ2) is 11.1. The van der Waals surface area contributed by atoms with Gasteiger partial charge in [0.15, 0.2) is 6.61 Å². The lowest BCUT2D eigenvalue weighted by atomic mass is 10.2. The first-order chi connectivity index (χ1) is 15.8. The molecule has 0 aliphatic carbocycles. The molecule has 1 aromatic rings. The second-order valence-electron chi connectivity index (χ2n) is 7.50. The summed E-state index contributed by atoms with van der Waals surface area (Å²) in [6.07, 6.45) is -1.01. The molecule has 1 aromatic carbocycles. The zero-order chi connectivity index (χ0) is 24.0. The first-order valence-corrected chi connectivity index (χ1v) is 11.0. The van der Waals surface area contributed by atoms with E-state index in [1.807, 2.05) is 11.8 Å². The zero-order valence-electron chi connectivity index (χ0n) is 18.5. The van der Waals surface area contributed by atoms with Gasteiger partial charge in [0.2, 0.25) is 0 Å². The molecular formula is C21H27FN4O6S. The van der Waals surface area contributed by atoms with E-state index in [1.54, 1.807) is 17.0 Å². The van der Waals surface area contributed by atoms with Crippen molar-refractivity contribution in [3.63, 3.8) is 0 Å². The number of benzene rings is 1. The molecule has 2 amide bonds. The number of nitrogens with one attached hydrogen (secondary N) is 1. The van der Waals surface area contributed by atoms with Crippen LogP contribution >= 0.6 is 12.2 Å². The summed E-state index contributed by atoms with van der Waals surface area (Å²) in [5, 5.41) is 3.11. The van der Waals surface area contributed by atoms with Gasteiger partial charge in [-0.05, 0) is 37.3 Å². The standard InChI is InChI=1S/C21H27FN4O6S/c1-3-30-20(33)23-11-16-12-26(21(29)32-16)15-4-5-18(17(22)10-15)24-6-8-25(9-7-24)19(28)13-31-14(2)27/h4-5,10,16H,3,6-9,11-13H2,1-2H3,(H,23,33)/t16-/m0/s1. The Morgan fingerprint density at radius 1 is 1.24 bits per heavy atom. The summed E-state index contributed by atoms with van der Waals surface area (Å²) < 4.78 is 30.1. The number of thiocarbonyl (C=S) groups is 1. The molecule has 0 aromatic heterocycles. The van der Waals surface area contributed by atoms with Gasteiger partial charge in [-0.1, -0.05) is 0 Å². The molecule has 10 nitrogen and oxygen atoms in total. The Labute approximate surface area is 196 Å². The van der Waals surface area contributed by atoms with Gasteiger partial charge in [-0.3, -0.25) is 14.5 Å². The Hall–Kier alpha value is -3.15. The Morgan fingerprint density at radius 3 is 2.61 bits per heavy atom. The molecule has 2 aliphatic heterocycles. The van der Waals surface area contributed by atoms with E-state index in [-0.39, 0.29) is 24.2 Å². The van der Waals surface area contributed by atoms with Crippen molar-refractivity contribution in [2.75, 3.05) is 62.3 Å². The molecular weight excluding hydrogens is 455 g/mol. The van der Waals surface area contributed by atoms with E-state index in [0.29, 0.717) is 50.7 Å². The van der Waals surface area contributed by atoms with Gasteiger partial charge >= 0.3 is 12.1 Å². The monoisotopic (exact) mass is 482 g/mol. The van der Waals surface area contributed by atoms with Gasteiger partial charge in [0.25, 0.3) is 11.1 Å². The second-order valence-corrected chi connectivity index (χ2v) is 7.87. The fourth-order valence-corrected chi connectivity index (χ4v) is 3.79. The van der Waals surface area contributed by atoms with Crippen molar-refractivity contribution in [3.05, 3.63) is 24.0 Å². The molecule has 33 heavy (non-hydrogen) atoms. The summed E-state index contributed by atoms with van der Waals surface area (Å²) in [6, 6.07) is 4.58. The normalized spacial score (nSPS) is 18.1. The lowest BCUT2D eigenvalue weighted by molar-refractivity contribution is -0.150. The third-order valence-electron chi connectivity index (χ3n) is 5.24. The third-order valence-corrected chi connectivity index (χ3v) is 5.50. The largest absolute Gasteiger partial charge is 0.471 e. The lowest BCUT2D eigenvalue weighted by Gasteiger charge is -2.36. The number of nitrogens with zero attached hydrogens (tertiary/aromatic N) is 3. The highest BCUT2D eigenvalue weighted by Crippen LogP contribution is 2.28. The van der Waals surface area contributed by atoms with Crippen molar-refractivity contribution in [1.82, 2.24) is 10.2 Å². The van der Waals surface area contributed by atoms with Crippen LogP contribution in [0.1, 0.15) is 13.8 Å². The Morgan fingerprint density at radius 2 is 1.97 bits per heavy atom. The maximum atomic E-state index is 14.9. The molecule has 1 atom stereocenters. The van der Waals surface area contributed by atoms with E-state index in [9.17, 15) is 18.8 Å². The van der Waals surface area contributed by atoms with Gasteiger partial charge in [-0.25, -0.2) is 9.18 Å². The molecule has 0 spiro atoms. The van der Waals surface area contributed by atoms with Crippen LogP contribution in [0.15, 0.2) is 18.2 Å².